The number of carboxylic acids is 1. The monoisotopic (exact) mass is 265 g/mol. The van der Waals surface area contributed by atoms with Crippen molar-refractivity contribution < 1.29 is 19.4 Å². The Kier molecular flexibility index (Phi) is 5.36. The molecule has 0 fully saturated rings. The molecule has 5 nitrogen and oxygen atoms in total. The number of carbonyl (C=O) groups is 2. The largest absolute Gasteiger partial charge is 0.493 e. The van der Waals surface area contributed by atoms with Crippen molar-refractivity contribution in [2.75, 3.05) is 6.61 Å². The highest BCUT2D eigenvalue weighted by Crippen LogP contribution is 2.11. The molecule has 0 spiro atoms. The van der Waals surface area contributed by atoms with Crippen LogP contribution in [0.25, 0.3) is 0 Å². The number of carboxylic acid groups (broad SMARTS) is 1. The SMILES string of the molecule is CCC(C)(NC(=O)CCOc1ccccc1)C(=O)O. The molecule has 0 aliphatic heterocycles. The number of benzene rings is 1. The van der Waals surface area contributed by atoms with Gasteiger partial charge in [-0.15, -0.1) is 0 Å². The van der Waals surface area contributed by atoms with Crippen LogP contribution in [0.15, 0.2) is 30.3 Å². The molecule has 0 heterocycles. The molecule has 1 rings (SSSR count). The van der Waals surface area contributed by atoms with Gasteiger partial charge in [-0.05, 0) is 25.5 Å². The summed E-state index contributed by atoms with van der Waals surface area (Å²) in [5.74, 6) is -0.679. The van der Waals surface area contributed by atoms with Crippen LogP contribution in [0.3, 0.4) is 0 Å². The zero-order valence-electron chi connectivity index (χ0n) is 11.2. The summed E-state index contributed by atoms with van der Waals surface area (Å²) in [5, 5.41) is 11.5. The molecule has 0 saturated carbocycles. The van der Waals surface area contributed by atoms with Crippen LogP contribution in [0.5, 0.6) is 5.75 Å². The molecule has 19 heavy (non-hydrogen) atoms. The normalized spacial score (nSPS) is 13.4. The Morgan fingerprint density at radius 2 is 1.95 bits per heavy atom. The van der Waals surface area contributed by atoms with Gasteiger partial charge in [0.25, 0.3) is 0 Å². The van der Waals surface area contributed by atoms with Crippen LogP contribution in [0.1, 0.15) is 26.7 Å². The van der Waals surface area contributed by atoms with E-state index in [2.05, 4.69) is 5.32 Å². The molecular weight excluding hydrogens is 246 g/mol. The molecule has 1 aromatic rings. The number of nitrogens with one attached hydrogen (secondary N) is 1. The van der Waals surface area contributed by atoms with Crippen molar-refractivity contribution >= 4 is 11.9 Å². The first-order valence-corrected chi connectivity index (χ1v) is 6.20. The molecule has 2 N–H and O–H groups in total. The molecule has 1 unspecified atom stereocenters. The molecule has 5 heteroatoms. The number of aliphatic carboxylic acids is 1. The maximum atomic E-state index is 11.7. The van der Waals surface area contributed by atoms with Gasteiger partial charge >= 0.3 is 5.97 Å². The number of carbonyl (C=O) groups excluding carboxylic acids is 1. The van der Waals surface area contributed by atoms with E-state index >= 15 is 0 Å². The first kappa shape index (κ1) is 15.0. The van der Waals surface area contributed by atoms with Gasteiger partial charge in [0.15, 0.2) is 0 Å². The van der Waals surface area contributed by atoms with E-state index in [1.165, 1.54) is 6.92 Å². The predicted molar refractivity (Wildman–Crippen MR) is 71.0 cm³/mol. The third-order valence-electron chi connectivity index (χ3n) is 2.94. The summed E-state index contributed by atoms with van der Waals surface area (Å²) in [6.45, 7) is 3.43. The maximum absolute atomic E-state index is 11.7. The Morgan fingerprint density at radius 3 is 2.47 bits per heavy atom. The first-order valence-electron chi connectivity index (χ1n) is 6.20. The molecule has 0 radical (unpaired) electrons. The van der Waals surface area contributed by atoms with Crippen LogP contribution in [0, 0.1) is 0 Å². The Morgan fingerprint density at radius 1 is 1.32 bits per heavy atom. The van der Waals surface area contributed by atoms with Crippen LogP contribution in [0.2, 0.25) is 0 Å². The van der Waals surface area contributed by atoms with Crippen LogP contribution >= 0.6 is 0 Å². The second-order valence-corrected chi connectivity index (χ2v) is 4.45. The standard InChI is InChI=1S/C14H19NO4/c1-3-14(2,13(17)18)15-12(16)9-10-19-11-7-5-4-6-8-11/h4-8H,3,9-10H2,1-2H3,(H,15,16)(H,17,18). The molecule has 0 aromatic heterocycles. The number of rotatable bonds is 7. The number of hydrogen-bond acceptors (Lipinski definition) is 3. The molecule has 0 aliphatic rings. The minimum Gasteiger partial charge on any atom is -0.493 e. The van der Waals surface area contributed by atoms with Crippen molar-refractivity contribution in [1.82, 2.24) is 5.32 Å². The maximum Gasteiger partial charge on any atom is 0.329 e. The average Bonchev–Trinajstić information content (AvgIpc) is 2.39. The third kappa shape index (κ3) is 4.62. The van der Waals surface area contributed by atoms with Crippen LogP contribution in [-0.4, -0.2) is 29.1 Å². The molecule has 0 saturated heterocycles. The first-order chi connectivity index (χ1) is 8.98. The van der Waals surface area contributed by atoms with Crippen molar-refractivity contribution in [2.24, 2.45) is 0 Å². The van der Waals surface area contributed by atoms with E-state index < -0.39 is 11.5 Å². The lowest BCUT2D eigenvalue weighted by Crippen LogP contribution is -2.51. The van der Waals surface area contributed by atoms with Crippen molar-refractivity contribution in [1.29, 1.82) is 0 Å². The molecule has 104 valence electrons. The minimum atomic E-state index is -1.22. The molecule has 1 aromatic carbocycles. The van der Waals surface area contributed by atoms with Crippen molar-refractivity contribution in [3.05, 3.63) is 30.3 Å². The summed E-state index contributed by atoms with van der Waals surface area (Å²) < 4.78 is 5.38. The number of amides is 1. The van der Waals surface area contributed by atoms with Gasteiger partial charge in [-0.1, -0.05) is 25.1 Å². The Bertz CT molecular complexity index is 432. The summed E-state index contributed by atoms with van der Waals surface area (Å²) in [4.78, 5) is 22.7. The van der Waals surface area contributed by atoms with E-state index in [4.69, 9.17) is 9.84 Å². The molecule has 1 amide bonds. The van der Waals surface area contributed by atoms with Crippen molar-refractivity contribution in [2.45, 2.75) is 32.2 Å². The van der Waals surface area contributed by atoms with Gasteiger partial charge in [0.1, 0.15) is 11.3 Å². The Hall–Kier alpha value is -2.04. The quantitative estimate of drug-likeness (QED) is 0.788. The van der Waals surface area contributed by atoms with Gasteiger partial charge in [0.2, 0.25) is 5.91 Å². The highest BCUT2D eigenvalue weighted by Gasteiger charge is 2.32. The number of hydrogen-bond donors (Lipinski definition) is 2. The fraction of sp³-hybridized carbons (Fsp3) is 0.429. The molecule has 0 aliphatic carbocycles. The zero-order chi connectivity index (χ0) is 14.3. The molecule has 0 bridgehead atoms. The Labute approximate surface area is 112 Å². The topological polar surface area (TPSA) is 75.6 Å². The fourth-order valence-corrected chi connectivity index (χ4v) is 1.44. The lowest BCUT2D eigenvalue weighted by Gasteiger charge is -2.24. The number of ether oxygens (including phenoxy) is 1. The summed E-state index contributed by atoms with van der Waals surface area (Å²) in [5.41, 5.74) is -1.22. The molecule has 1 atom stereocenters. The van der Waals surface area contributed by atoms with E-state index in [1.807, 2.05) is 18.2 Å². The van der Waals surface area contributed by atoms with Crippen LogP contribution in [0.4, 0.5) is 0 Å². The highest BCUT2D eigenvalue weighted by molar-refractivity contribution is 5.86. The highest BCUT2D eigenvalue weighted by atomic mass is 16.5. The van der Waals surface area contributed by atoms with E-state index in [0.29, 0.717) is 12.2 Å². The summed E-state index contributed by atoms with van der Waals surface area (Å²) in [6, 6.07) is 9.15. The lowest BCUT2D eigenvalue weighted by atomic mass is 9.99. The minimum absolute atomic E-state index is 0.123. The number of para-hydroxylation sites is 1. The zero-order valence-corrected chi connectivity index (χ0v) is 11.2. The predicted octanol–water partition coefficient (Wildman–Crippen LogP) is 1.83. The fourth-order valence-electron chi connectivity index (χ4n) is 1.44. The van der Waals surface area contributed by atoms with Gasteiger partial charge in [-0.3, -0.25) is 4.79 Å². The summed E-state index contributed by atoms with van der Waals surface area (Å²) in [6.07, 6.45) is 0.450. The van der Waals surface area contributed by atoms with Crippen molar-refractivity contribution in [3.8, 4) is 5.75 Å². The van der Waals surface area contributed by atoms with Gasteiger partial charge in [-0.25, -0.2) is 4.79 Å². The van der Waals surface area contributed by atoms with Gasteiger partial charge < -0.3 is 15.2 Å². The summed E-state index contributed by atoms with van der Waals surface area (Å²) in [7, 11) is 0. The lowest BCUT2D eigenvalue weighted by molar-refractivity contribution is -0.147. The third-order valence-corrected chi connectivity index (χ3v) is 2.94. The van der Waals surface area contributed by atoms with Crippen molar-refractivity contribution in [3.63, 3.8) is 0 Å². The van der Waals surface area contributed by atoms with E-state index in [-0.39, 0.29) is 18.9 Å². The van der Waals surface area contributed by atoms with Crippen LogP contribution in [-0.2, 0) is 9.59 Å². The van der Waals surface area contributed by atoms with E-state index in [1.54, 1.807) is 19.1 Å². The second-order valence-electron chi connectivity index (χ2n) is 4.45. The average molecular weight is 265 g/mol. The van der Waals surface area contributed by atoms with E-state index in [9.17, 15) is 9.59 Å². The second kappa shape index (κ2) is 6.78. The van der Waals surface area contributed by atoms with E-state index in [0.717, 1.165) is 0 Å². The molecular formula is C14H19NO4. The Balaban J connectivity index is 2.38. The van der Waals surface area contributed by atoms with Gasteiger partial charge in [-0.2, -0.15) is 0 Å². The van der Waals surface area contributed by atoms with Crippen LogP contribution < -0.4 is 10.1 Å². The smallest absolute Gasteiger partial charge is 0.329 e. The summed E-state index contributed by atoms with van der Waals surface area (Å²) >= 11 is 0. The van der Waals surface area contributed by atoms with Gasteiger partial charge in [0.05, 0.1) is 13.0 Å². The van der Waals surface area contributed by atoms with Gasteiger partial charge in [0, 0.05) is 0 Å².